The van der Waals surface area contributed by atoms with Crippen LogP contribution in [0.4, 0.5) is 0 Å². The molecule has 0 spiro atoms. The van der Waals surface area contributed by atoms with Crippen LogP contribution in [0.1, 0.15) is 24.0 Å². The number of likely N-dealkylation sites (N-methyl/N-ethyl adjacent to an activating group) is 1. The maximum atomic E-state index is 12.7. The van der Waals surface area contributed by atoms with Crippen molar-refractivity contribution in [2.45, 2.75) is 31.9 Å². The zero-order valence-electron chi connectivity index (χ0n) is 13.0. The van der Waals surface area contributed by atoms with Crippen molar-refractivity contribution >= 4 is 18.3 Å². The fourth-order valence-electron chi connectivity index (χ4n) is 2.72. The Balaban J connectivity index is 0.00000220. The Morgan fingerprint density at radius 1 is 1.29 bits per heavy atom. The normalized spacial score (nSPS) is 16.9. The molecule has 1 aromatic carbocycles. The Morgan fingerprint density at radius 2 is 1.86 bits per heavy atom. The highest BCUT2D eigenvalue weighted by atomic mass is 35.5. The van der Waals surface area contributed by atoms with E-state index in [1.165, 1.54) is 5.56 Å². The molecule has 1 N–H and O–H groups in total. The van der Waals surface area contributed by atoms with Crippen LogP contribution in [0.25, 0.3) is 0 Å². The fraction of sp³-hybridized carbons (Fsp3) is 0.562. The lowest BCUT2D eigenvalue weighted by Crippen LogP contribution is -2.54. The second-order valence-electron chi connectivity index (χ2n) is 5.60. The molecule has 0 aromatic heterocycles. The molecule has 1 aliphatic heterocycles. The van der Waals surface area contributed by atoms with Gasteiger partial charge in [-0.1, -0.05) is 29.8 Å². The van der Waals surface area contributed by atoms with Crippen LogP contribution in [0.15, 0.2) is 24.3 Å². The summed E-state index contributed by atoms with van der Waals surface area (Å²) in [5.74, 6) is 0.0853. The van der Waals surface area contributed by atoms with E-state index in [1.54, 1.807) is 12.0 Å². The number of carbonyl (C=O) groups excluding carboxylic acids is 1. The first-order chi connectivity index (χ1) is 9.57. The Labute approximate surface area is 133 Å². The van der Waals surface area contributed by atoms with Crippen LogP contribution in [-0.2, 0) is 16.1 Å². The third-order valence-electron chi connectivity index (χ3n) is 4.08. The molecular weight excluding hydrogens is 288 g/mol. The van der Waals surface area contributed by atoms with Crippen LogP contribution >= 0.6 is 12.4 Å². The third-order valence-corrected chi connectivity index (χ3v) is 4.08. The second-order valence-corrected chi connectivity index (χ2v) is 5.60. The molecule has 1 saturated heterocycles. The number of benzene rings is 1. The van der Waals surface area contributed by atoms with Crippen molar-refractivity contribution in [3.05, 3.63) is 35.4 Å². The molecule has 1 aromatic rings. The molecule has 5 heteroatoms. The molecule has 1 aliphatic rings. The molecule has 0 atom stereocenters. The van der Waals surface area contributed by atoms with E-state index < -0.39 is 5.60 Å². The fourth-order valence-corrected chi connectivity index (χ4v) is 2.72. The molecule has 118 valence electrons. The van der Waals surface area contributed by atoms with Crippen molar-refractivity contribution in [1.29, 1.82) is 0 Å². The van der Waals surface area contributed by atoms with Gasteiger partial charge in [0.05, 0.1) is 0 Å². The van der Waals surface area contributed by atoms with Crippen molar-refractivity contribution < 1.29 is 9.53 Å². The van der Waals surface area contributed by atoms with Gasteiger partial charge in [-0.3, -0.25) is 4.79 Å². The summed E-state index contributed by atoms with van der Waals surface area (Å²) in [5, 5.41) is 3.27. The SMILES string of the molecule is COC1(C(=O)N(C)Cc2ccc(C)cc2)CCNCC1.Cl. The van der Waals surface area contributed by atoms with Crippen molar-refractivity contribution in [2.24, 2.45) is 0 Å². The molecule has 4 nitrogen and oxygen atoms in total. The monoisotopic (exact) mass is 312 g/mol. The van der Waals surface area contributed by atoms with E-state index in [0.717, 1.165) is 31.5 Å². The first kappa shape index (κ1) is 18.0. The Morgan fingerprint density at radius 3 is 2.38 bits per heavy atom. The molecule has 1 amide bonds. The Bertz CT molecular complexity index is 456. The van der Waals surface area contributed by atoms with Gasteiger partial charge in [-0.2, -0.15) is 0 Å². The van der Waals surface area contributed by atoms with Gasteiger partial charge in [0, 0.05) is 20.7 Å². The van der Waals surface area contributed by atoms with E-state index in [4.69, 9.17) is 4.74 Å². The minimum Gasteiger partial charge on any atom is -0.368 e. The van der Waals surface area contributed by atoms with Crippen molar-refractivity contribution in [1.82, 2.24) is 10.2 Å². The maximum Gasteiger partial charge on any atom is 0.254 e. The molecule has 0 aliphatic carbocycles. The molecular formula is C16H25ClN2O2. The number of ether oxygens (including phenoxy) is 1. The number of carbonyl (C=O) groups is 1. The zero-order valence-corrected chi connectivity index (χ0v) is 13.8. The summed E-state index contributed by atoms with van der Waals surface area (Å²) in [6.45, 7) is 4.35. The van der Waals surface area contributed by atoms with Crippen molar-refractivity contribution in [3.63, 3.8) is 0 Å². The summed E-state index contributed by atoms with van der Waals surface area (Å²) >= 11 is 0. The quantitative estimate of drug-likeness (QED) is 0.926. The van der Waals surface area contributed by atoms with E-state index in [1.807, 2.05) is 7.05 Å². The largest absolute Gasteiger partial charge is 0.368 e. The van der Waals surface area contributed by atoms with Gasteiger partial charge < -0.3 is 15.0 Å². The van der Waals surface area contributed by atoms with Gasteiger partial charge in [0.2, 0.25) is 0 Å². The van der Waals surface area contributed by atoms with E-state index in [0.29, 0.717) is 6.54 Å². The molecule has 0 bridgehead atoms. The number of aryl methyl sites for hydroxylation is 1. The smallest absolute Gasteiger partial charge is 0.254 e. The predicted molar refractivity (Wildman–Crippen MR) is 86.7 cm³/mol. The highest BCUT2D eigenvalue weighted by Crippen LogP contribution is 2.25. The molecule has 1 fully saturated rings. The second kappa shape index (κ2) is 7.78. The lowest BCUT2D eigenvalue weighted by Gasteiger charge is -2.37. The van der Waals surface area contributed by atoms with E-state index in [2.05, 4.69) is 36.5 Å². The number of halogens is 1. The van der Waals surface area contributed by atoms with Crippen LogP contribution in [0.3, 0.4) is 0 Å². The Hall–Kier alpha value is -1.10. The molecule has 0 unspecified atom stereocenters. The van der Waals surface area contributed by atoms with Gasteiger partial charge in [0.15, 0.2) is 0 Å². The van der Waals surface area contributed by atoms with Crippen molar-refractivity contribution in [2.75, 3.05) is 27.2 Å². The summed E-state index contributed by atoms with van der Waals surface area (Å²) in [4.78, 5) is 14.5. The zero-order chi connectivity index (χ0) is 14.6. The average molecular weight is 313 g/mol. The topological polar surface area (TPSA) is 41.6 Å². The van der Waals surface area contributed by atoms with Crippen LogP contribution in [0.2, 0.25) is 0 Å². The highest BCUT2D eigenvalue weighted by Gasteiger charge is 2.41. The standard InChI is InChI=1S/C16H24N2O2.ClH/c1-13-4-6-14(7-5-13)12-18(2)15(19)16(20-3)8-10-17-11-9-16;/h4-7,17H,8-12H2,1-3H3;1H. The third kappa shape index (κ3) is 4.19. The first-order valence-electron chi connectivity index (χ1n) is 7.14. The van der Waals surface area contributed by atoms with Crippen LogP contribution < -0.4 is 5.32 Å². The minimum absolute atomic E-state index is 0. The first-order valence-corrected chi connectivity index (χ1v) is 7.14. The van der Waals surface area contributed by atoms with E-state index in [-0.39, 0.29) is 18.3 Å². The number of nitrogens with one attached hydrogen (secondary N) is 1. The lowest BCUT2D eigenvalue weighted by molar-refractivity contribution is -0.157. The summed E-state index contributed by atoms with van der Waals surface area (Å²) in [6, 6.07) is 8.29. The minimum atomic E-state index is -0.648. The molecule has 0 saturated carbocycles. The number of nitrogens with zero attached hydrogens (tertiary/aromatic N) is 1. The van der Waals surface area contributed by atoms with Crippen LogP contribution in [0.5, 0.6) is 0 Å². The number of piperidine rings is 1. The summed E-state index contributed by atoms with van der Waals surface area (Å²) in [5.41, 5.74) is 1.73. The van der Waals surface area contributed by atoms with E-state index in [9.17, 15) is 4.79 Å². The molecule has 0 radical (unpaired) electrons. The molecule has 2 rings (SSSR count). The summed E-state index contributed by atoms with van der Waals surface area (Å²) in [7, 11) is 3.49. The van der Waals surface area contributed by atoms with Crippen LogP contribution in [-0.4, -0.2) is 43.7 Å². The number of amides is 1. The van der Waals surface area contributed by atoms with Gasteiger partial charge >= 0.3 is 0 Å². The molecule has 21 heavy (non-hydrogen) atoms. The number of hydrogen-bond acceptors (Lipinski definition) is 3. The molecule has 1 heterocycles. The number of hydrogen-bond donors (Lipinski definition) is 1. The van der Waals surface area contributed by atoms with Gasteiger partial charge in [-0.15, -0.1) is 12.4 Å². The van der Waals surface area contributed by atoms with Crippen molar-refractivity contribution in [3.8, 4) is 0 Å². The van der Waals surface area contributed by atoms with Gasteiger partial charge in [0.25, 0.3) is 5.91 Å². The van der Waals surface area contributed by atoms with Gasteiger partial charge in [-0.25, -0.2) is 0 Å². The number of rotatable bonds is 4. The van der Waals surface area contributed by atoms with Gasteiger partial charge in [0.1, 0.15) is 5.60 Å². The lowest BCUT2D eigenvalue weighted by atomic mass is 9.90. The highest BCUT2D eigenvalue weighted by molar-refractivity contribution is 5.85. The maximum absolute atomic E-state index is 12.7. The summed E-state index contributed by atoms with van der Waals surface area (Å²) < 4.78 is 5.59. The van der Waals surface area contributed by atoms with Crippen LogP contribution in [0, 0.1) is 6.92 Å². The van der Waals surface area contributed by atoms with E-state index >= 15 is 0 Å². The average Bonchev–Trinajstić information content (AvgIpc) is 2.49. The predicted octanol–water partition coefficient (Wildman–Crippen LogP) is 2.14. The summed E-state index contributed by atoms with van der Waals surface area (Å²) in [6.07, 6.45) is 1.47. The number of methoxy groups -OCH3 is 1. The Kier molecular flexibility index (Phi) is 6.65. The van der Waals surface area contributed by atoms with Gasteiger partial charge in [-0.05, 0) is 38.4 Å².